The Bertz CT molecular complexity index is 331. The third kappa shape index (κ3) is 2.52. The van der Waals surface area contributed by atoms with Gasteiger partial charge in [0, 0.05) is 24.3 Å². The monoisotopic (exact) mass is 285 g/mol. The van der Waals surface area contributed by atoms with E-state index in [4.69, 9.17) is 4.74 Å². The summed E-state index contributed by atoms with van der Waals surface area (Å²) in [7, 11) is 0. The molecule has 0 spiro atoms. The molecule has 1 saturated heterocycles. The molecule has 1 aliphatic rings. The molecule has 1 unspecified atom stereocenters. The first-order valence-corrected chi connectivity index (χ1v) is 6.68. The van der Waals surface area contributed by atoms with E-state index in [1.807, 2.05) is 12.4 Å². The van der Waals surface area contributed by atoms with Crippen molar-refractivity contribution in [3.05, 3.63) is 18.0 Å². The molecule has 88 valence electrons. The lowest BCUT2D eigenvalue weighted by atomic mass is 10.2. The largest absolute Gasteiger partial charge is 0.377 e. The second-order valence-electron chi connectivity index (χ2n) is 3.86. The molecular formula is C11H16BrN3O. The zero-order valence-electron chi connectivity index (χ0n) is 9.40. The van der Waals surface area contributed by atoms with Gasteiger partial charge in [0.25, 0.3) is 0 Å². The molecule has 1 fully saturated rings. The summed E-state index contributed by atoms with van der Waals surface area (Å²) in [5, 5.41) is 0.799. The number of hydrogen-bond acceptors (Lipinski definition) is 4. The Labute approximate surface area is 104 Å². The van der Waals surface area contributed by atoms with Crippen molar-refractivity contribution in [2.24, 2.45) is 0 Å². The summed E-state index contributed by atoms with van der Waals surface area (Å²) in [6, 6.07) is 0.406. The van der Waals surface area contributed by atoms with Crippen LogP contribution in [-0.4, -0.2) is 35.8 Å². The van der Waals surface area contributed by atoms with Crippen LogP contribution in [0.25, 0.3) is 0 Å². The Hall–Kier alpha value is -0.680. The van der Waals surface area contributed by atoms with Crippen molar-refractivity contribution in [2.75, 3.05) is 24.7 Å². The molecule has 1 aliphatic heterocycles. The summed E-state index contributed by atoms with van der Waals surface area (Å²) in [6.45, 7) is 4.59. The second kappa shape index (κ2) is 5.59. The lowest BCUT2D eigenvalue weighted by Gasteiger charge is -2.34. The van der Waals surface area contributed by atoms with Crippen molar-refractivity contribution in [2.45, 2.75) is 24.7 Å². The highest BCUT2D eigenvalue weighted by atomic mass is 79.9. The maximum absolute atomic E-state index is 5.46. The van der Waals surface area contributed by atoms with E-state index in [2.05, 4.69) is 37.7 Å². The van der Waals surface area contributed by atoms with Crippen LogP contribution < -0.4 is 4.90 Å². The molecule has 1 atom stereocenters. The van der Waals surface area contributed by atoms with Gasteiger partial charge < -0.3 is 9.64 Å². The summed E-state index contributed by atoms with van der Waals surface area (Å²) in [4.78, 5) is 11.0. The van der Waals surface area contributed by atoms with E-state index in [1.165, 1.54) is 0 Å². The Morgan fingerprint density at radius 2 is 2.25 bits per heavy atom. The van der Waals surface area contributed by atoms with Crippen molar-refractivity contribution in [3.8, 4) is 0 Å². The first-order valence-electron chi connectivity index (χ1n) is 5.56. The van der Waals surface area contributed by atoms with Gasteiger partial charge in [-0.1, -0.05) is 22.9 Å². The Balaban J connectivity index is 2.14. The Morgan fingerprint density at radius 1 is 1.50 bits per heavy atom. The quantitative estimate of drug-likeness (QED) is 0.796. The van der Waals surface area contributed by atoms with Crippen LogP contribution in [0.3, 0.4) is 0 Å². The smallest absolute Gasteiger partial charge is 0.225 e. The Morgan fingerprint density at radius 3 is 2.88 bits per heavy atom. The molecule has 0 aromatic carbocycles. The molecule has 2 heterocycles. The van der Waals surface area contributed by atoms with Gasteiger partial charge in [-0.25, -0.2) is 9.97 Å². The highest BCUT2D eigenvalue weighted by Crippen LogP contribution is 2.17. The fraction of sp³-hybridized carbons (Fsp3) is 0.636. The van der Waals surface area contributed by atoms with Gasteiger partial charge >= 0.3 is 0 Å². The number of anilines is 1. The van der Waals surface area contributed by atoms with Gasteiger partial charge in [0.05, 0.1) is 19.3 Å². The number of aromatic nitrogens is 2. The Kier molecular flexibility index (Phi) is 4.12. The predicted octanol–water partition coefficient (Wildman–Crippen LogP) is 1.99. The van der Waals surface area contributed by atoms with Crippen LogP contribution in [0.2, 0.25) is 0 Å². The van der Waals surface area contributed by atoms with Crippen molar-refractivity contribution in [3.63, 3.8) is 0 Å². The fourth-order valence-corrected chi connectivity index (χ4v) is 2.11. The number of ether oxygens (including phenoxy) is 1. The summed E-state index contributed by atoms with van der Waals surface area (Å²) >= 11 is 3.39. The lowest BCUT2D eigenvalue weighted by Crippen LogP contribution is -2.46. The van der Waals surface area contributed by atoms with Crippen molar-refractivity contribution < 1.29 is 4.74 Å². The van der Waals surface area contributed by atoms with Gasteiger partial charge in [-0.3, -0.25) is 0 Å². The summed E-state index contributed by atoms with van der Waals surface area (Å²) in [5.74, 6) is 0.819. The molecule has 0 aliphatic carbocycles. The highest BCUT2D eigenvalue weighted by Gasteiger charge is 2.23. The average Bonchev–Trinajstić information content (AvgIpc) is 2.39. The summed E-state index contributed by atoms with van der Waals surface area (Å²) in [5.41, 5.74) is 1.10. The lowest BCUT2D eigenvalue weighted by molar-refractivity contribution is 0.0921. The van der Waals surface area contributed by atoms with Crippen LogP contribution in [0.5, 0.6) is 0 Å². The number of halogens is 1. The number of morpholine rings is 1. The predicted molar refractivity (Wildman–Crippen MR) is 66.9 cm³/mol. The zero-order chi connectivity index (χ0) is 11.4. The van der Waals surface area contributed by atoms with Crippen LogP contribution >= 0.6 is 15.9 Å². The molecule has 1 aromatic heterocycles. The number of nitrogens with zero attached hydrogens (tertiary/aromatic N) is 3. The normalized spacial score (nSPS) is 21.1. The van der Waals surface area contributed by atoms with Gasteiger partial charge in [-0.15, -0.1) is 0 Å². The summed E-state index contributed by atoms with van der Waals surface area (Å²) < 4.78 is 5.46. The third-order valence-electron chi connectivity index (χ3n) is 2.80. The van der Waals surface area contributed by atoms with Crippen molar-refractivity contribution >= 4 is 21.9 Å². The van der Waals surface area contributed by atoms with Gasteiger partial charge in [0.1, 0.15) is 0 Å². The zero-order valence-corrected chi connectivity index (χ0v) is 11.0. The number of hydrogen-bond donors (Lipinski definition) is 0. The van der Waals surface area contributed by atoms with Crippen molar-refractivity contribution in [1.29, 1.82) is 0 Å². The minimum atomic E-state index is 0.406. The first-order chi connectivity index (χ1) is 7.85. The average molecular weight is 286 g/mol. The first kappa shape index (κ1) is 11.8. The molecule has 0 amide bonds. The van der Waals surface area contributed by atoms with E-state index in [0.717, 1.165) is 43.0 Å². The van der Waals surface area contributed by atoms with Crippen LogP contribution in [0.15, 0.2) is 12.4 Å². The third-order valence-corrected chi connectivity index (χ3v) is 3.45. The number of rotatable bonds is 3. The molecule has 0 bridgehead atoms. The van der Waals surface area contributed by atoms with Gasteiger partial charge in [-0.05, 0) is 12.0 Å². The molecule has 0 radical (unpaired) electrons. The van der Waals surface area contributed by atoms with E-state index >= 15 is 0 Å². The van der Waals surface area contributed by atoms with E-state index < -0.39 is 0 Å². The number of alkyl halides is 1. The molecule has 0 saturated carbocycles. The van der Waals surface area contributed by atoms with Gasteiger partial charge in [-0.2, -0.15) is 0 Å². The molecule has 0 N–H and O–H groups in total. The molecule has 1 aromatic rings. The van der Waals surface area contributed by atoms with Gasteiger partial charge in [0.15, 0.2) is 0 Å². The standard InChI is InChI=1S/C11H16BrN3O/c1-2-10-8-16-4-3-15(10)11-13-6-9(5-12)7-14-11/h6-7,10H,2-5,8H2,1H3. The van der Waals surface area contributed by atoms with Crippen LogP contribution in [0, 0.1) is 0 Å². The SMILES string of the molecule is CCC1COCCN1c1ncc(CBr)cn1. The fourth-order valence-electron chi connectivity index (χ4n) is 1.82. The highest BCUT2D eigenvalue weighted by molar-refractivity contribution is 9.08. The van der Waals surface area contributed by atoms with Gasteiger partial charge in [0.2, 0.25) is 5.95 Å². The van der Waals surface area contributed by atoms with Crippen LogP contribution in [0.4, 0.5) is 5.95 Å². The summed E-state index contributed by atoms with van der Waals surface area (Å²) in [6.07, 6.45) is 4.81. The van der Waals surface area contributed by atoms with Crippen molar-refractivity contribution in [1.82, 2.24) is 9.97 Å². The van der Waals surface area contributed by atoms with E-state index in [0.29, 0.717) is 6.04 Å². The molecular weight excluding hydrogens is 270 g/mol. The van der Waals surface area contributed by atoms with Crippen LogP contribution in [-0.2, 0) is 10.1 Å². The molecule has 2 rings (SSSR count). The maximum Gasteiger partial charge on any atom is 0.225 e. The van der Waals surface area contributed by atoms with E-state index in [-0.39, 0.29) is 0 Å². The van der Waals surface area contributed by atoms with Crippen LogP contribution in [0.1, 0.15) is 18.9 Å². The molecule has 5 heteroatoms. The minimum absolute atomic E-state index is 0.406. The second-order valence-corrected chi connectivity index (χ2v) is 4.42. The van der Waals surface area contributed by atoms with E-state index in [9.17, 15) is 0 Å². The molecule has 16 heavy (non-hydrogen) atoms. The topological polar surface area (TPSA) is 38.2 Å². The molecule has 4 nitrogen and oxygen atoms in total. The minimum Gasteiger partial charge on any atom is -0.377 e. The maximum atomic E-state index is 5.46. The van der Waals surface area contributed by atoms with E-state index in [1.54, 1.807) is 0 Å².